The molecule has 0 amide bonds. The number of aliphatic hydroxyl groups is 1. The highest BCUT2D eigenvalue weighted by molar-refractivity contribution is 5.25. The van der Waals surface area contributed by atoms with E-state index in [1.807, 2.05) is 0 Å². The number of rotatable bonds is 4. The van der Waals surface area contributed by atoms with Gasteiger partial charge in [0.05, 0.1) is 6.10 Å². The monoisotopic (exact) mass is 412 g/mol. The molecule has 0 unspecified atom stereocenters. The van der Waals surface area contributed by atoms with E-state index >= 15 is 0 Å². The number of allylic oxidation sites excluding steroid dienone is 1. The van der Waals surface area contributed by atoms with Gasteiger partial charge in [-0.2, -0.15) is 0 Å². The predicted molar refractivity (Wildman–Crippen MR) is 126 cm³/mol. The smallest absolute Gasteiger partial charge is 0.0577 e. The van der Waals surface area contributed by atoms with E-state index in [-0.39, 0.29) is 6.10 Å². The van der Waals surface area contributed by atoms with Crippen molar-refractivity contribution in [2.45, 2.75) is 105 Å². The summed E-state index contributed by atoms with van der Waals surface area (Å²) in [5, 5.41) is 10.3. The van der Waals surface area contributed by atoms with Crippen LogP contribution in [-0.4, -0.2) is 11.2 Å². The van der Waals surface area contributed by atoms with Gasteiger partial charge in [-0.1, -0.05) is 53.2 Å². The molecule has 1 N–H and O–H groups in total. The Labute approximate surface area is 186 Å². The fourth-order valence-electron chi connectivity index (χ4n) is 10.3. The molecule has 1 heteroatoms. The fourth-order valence-corrected chi connectivity index (χ4v) is 10.3. The highest BCUT2D eigenvalue weighted by atomic mass is 16.3. The Balaban J connectivity index is 1.32. The van der Waals surface area contributed by atoms with Crippen LogP contribution < -0.4 is 0 Å². The van der Waals surface area contributed by atoms with Crippen LogP contribution in [0.5, 0.6) is 0 Å². The van der Waals surface area contributed by atoms with Crippen molar-refractivity contribution >= 4 is 0 Å². The third kappa shape index (κ3) is 3.11. The Morgan fingerprint density at radius 2 is 1.80 bits per heavy atom. The van der Waals surface area contributed by atoms with Gasteiger partial charge in [-0.25, -0.2) is 0 Å². The molecule has 0 heterocycles. The number of hydrogen-bond donors (Lipinski definition) is 1. The van der Waals surface area contributed by atoms with Gasteiger partial charge in [0.1, 0.15) is 0 Å². The first-order valence-electron chi connectivity index (χ1n) is 13.5. The maximum atomic E-state index is 10.3. The summed E-state index contributed by atoms with van der Waals surface area (Å²) in [6.07, 6.45) is 14.4. The summed E-state index contributed by atoms with van der Waals surface area (Å²) in [5.74, 6) is 8.44. The number of hydrogen-bond acceptors (Lipinski definition) is 1. The average molecular weight is 413 g/mol. The van der Waals surface area contributed by atoms with E-state index in [4.69, 9.17) is 0 Å². The van der Waals surface area contributed by atoms with E-state index in [0.717, 1.165) is 66.1 Å². The minimum absolute atomic E-state index is 0.0778. The lowest BCUT2D eigenvalue weighted by Crippen LogP contribution is -2.50. The minimum atomic E-state index is -0.0778. The molecule has 30 heavy (non-hydrogen) atoms. The third-order valence-electron chi connectivity index (χ3n) is 11.9. The molecule has 4 fully saturated rings. The number of aliphatic hydroxyl groups excluding tert-OH is 1. The van der Waals surface area contributed by atoms with E-state index in [1.54, 1.807) is 5.57 Å². The summed E-state index contributed by atoms with van der Waals surface area (Å²) in [6, 6.07) is 0. The van der Waals surface area contributed by atoms with Gasteiger partial charge in [-0.15, -0.1) is 0 Å². The molecule has 5 rings (SSSR count). The van der Waals surface area contributed by atoms with E-state index in [1.165, 1.54) is 44.9 Å². The Kier molecular flexibility index (Phi) is 5.28. The molecule has 170 valence electrons. The Morgan fingerprint density at radius 1 is 1.03 bits per heavy atom. The minimum Gasteiger partial charge on any atom is -0.393 e. The van der Waals surface area contributed by atoms with Gasteiger partial charge in [0.15, 0.2) is 0 Å². The van der Waals surface area contributed by atoms with Crippen LogP contribution in [0.3, 0.4) is 0 Å². The van der Waals surface area contributed by atoms with Gasteiger partial charge >= 0.3 is 0 Å². The molecule has 0 aromatic carbocycles. The topological polar surface area (TPSA) is 20.2 Å². The summed E-state index contributed by atoms with van der Waals surface area (Å²) < 4.78 is 0. The van der Waals surface area contributed by atoms with Crippen molar-refractivity contribution in [2.24, 2.45) is 64.1 Å². The van der Waals surface area contributed by atoms with Crippen LogP contribution >= 0.6 is 0 Å². The van der Waals surface area contributed by atoms with E-state index in [0.29, 0.717) is 10.8 Å². The molecule has 0 spiro atoms. The maximum absolute atomic E-state index is 10.3. The van der Waals surface area contributed by atoms with Crippen molar-refractivity contribution in [2.75, 3.05) is 0 Å². The second kappa shape index (κ2) is 7.36. The second-order valence-corrected chi connectivity index (χ2v) is 13.4. The van der Waals surface area contributed by atoms with Crippen molar-refractivity contribution in [3.63, 3.8) is 0 Å². The van der Waals surface area contributed by atoms with Gasteiger partial charge < -0.3 is 5.11 Å². The summed E-state index contributed by atoms with van der Waals surface area (Å²) in [5.41, 5.74) is 2.60. The van der Waals surface area contributed by atoms with Crippen molar-refractivity contribution in [3.8, 4) is 0 Å². The maximum Gasteiger partial charge on any atom is 0.0577 e. The van der Waals surface area contributed by atoms with E-state index in [9.17, 15) is 5.11 Å². The molecule has 5 aliphatic rings. The van der Waals surface area contributed by atoms with Gasteiger partial charge in [0.2, 0.25) is 0 Å². The van der Waals surface area contributed by atoms with E-state index < -0.39 is 0 Å². The zero-order valence-corrected chi connectivity index (χ0v) is 20.7. The summed E-state index contributed by atoms with van der Waals surface area (Å²) in [7, 11) is 0. The summed E-state index contributed by atoms with van der Waals surface area (Å²) >= 11 is 0. The number of fused-ring (bicyclic) bond motifs is 5. The fraction of sp³-hybridized carbons (Fsp3) is 0.931. The molecule has 5 aliphatic carbocycles. The molecule has 0 bridgehead atoms. The van der Waals surface area contributed by atoms with Crippen LogP contribution in [0.25, 0.3) is 0 Å². The van der Waals surface area contributed by atoms with Crippen molar-refractivity contribution in [1.29, 1.82) is 0 Å². The highest BCUT2D eigenvalue weighted by Crippen LogP contribution is 2.68. The lowest BCUT2D eigenvalue weighted by atomic mass is 9.47. The van der Waals surface area contributed by atoms with Crippen molar-refractivity contribution in [3.05, 3.63) is 11.6 Å². The van der Waals surface area contributed by atoms with Crippen LogP contribution in [0.15, 0.2) is 11.6 Å². The predicted octanol–water partition coefficient (Wildman–Crippen LogP) is 7.49. The highest BCUT2D eigenvalue weighted by Gasteiger charge is 2.60. The zero-order valence-electron chi connectivity index (χ0n) is 20.7. The van der Waals surface area contributed by atoms with Crippen LogP contribution in [0.4, 0.5) is 0 Å². The molecule has 4 saturated carbocycles. The van der Waals surface area contributed by atoms with Crippen LogP contribution in [0, 0.1) is 64.1 Å². The molecular formula is C29H48O. The van der Waals surface area contributed by atoms with Gasteiger partial charge in [0, 0.05) is 0 Å². The summed E-state index contributed by atoms with van der Waals surface area (Å²) in [6.45, 7) is 15.3. The van der Waals surface area contributed by atoms with Crippen molar-refractivity contribution in [1.82, 2.24) is 0 Å². The first-order valence-corrected chi connectivity index (χ1v) is 13.5. The van der Waals surface area contributed by atoms with Crippen LogP contribution in [-0.2, 0) is 0 Å². The van der Waals surface area contributed by atoms with Gasteiger partial charge in [-0.3, -0.25) is 0 Å². The second-order valence-electron chi connectivity index (χ2n) is 13.4. The molecule has 11 atom stereocenters. The molecule has 0 aromatic heterocycles. The quantitative estimate of drug-likeness (QED) is 0.474. The summed E-state index contributed by atoms with van der Waals surface area (Å²) in [4.78, 5) is 0. The lowest BCUT2D eigenvalue weighted by Gasteiger charge is -2.58. The first kappa shape index (κ1) is 21.5. The third-order valence-corrected chi connectivity index (χ3v) is 11.9. The molecule has 0 saturated heterocycles. The molecule has 0 aromatic rings. The lowest BCUT2D eigenvalue weighted by molar-refractivity contribution is -0.0576. The molecular weight excluding hydrogens is 364 g/mol. The Morgan fingerprint density at radius 3 is 2.50 bits per heavy atom. The normalized spacial score (nSPS) is 53.5. The SMILES string of the molecule is CC(C)[C@@H]1[C@H](C)[C@H]1C[C@@H](C)[C@H]1CC[C@H]2[C@@H]3CC=C4C[C@@H](O)CC[C@]4(C)[C@H]3CC[C@]12C. The van der Waals surface area contributed by atoms with Crippen molar-refractivity contribution < 1.29 is 5.11 Å². The standard InChI is InChI=1S/C29H48O/c1-17(2)27-19(4)23(27)15-18(3)24-9-10-25-22-8-7-20-16-21(30)11-13-28(20,5)26(22)12-14-29(24,25)6/h7,17-19,21-27,30H,8-16H2,1-6H3/t18-,19-,21+,22+,23-,24-,25+,26+,27-,28+,29-/m1/s1. The first-order chi connectivity index (χ1) is 14.2. The Bertz CT molecular complexity index is 692. The van der Waals surface area contributed by atoms with Gasteiger partial charge in [-0.05, 0) is 122 Å². The van der Waals surface area contributed by atoms with Gasteiger partial charge in [0.25, 0.3) is 0 Å². The molecule has 1 nitrogen and oxygen atoms in total. The Hall–Kier alpha value is -0.300. The molecule has 0 aliphatic heterocycles. The zero-order chi connectivity index (χ0) is 21.4. The van der Waals surface area contributed by atoms with E-state index in [2.05, 4.69) is 47.6 Å². The van der Waals surface area contributed by atoms with Crippen LogP contribution in [0.1, 0.15) is 99.3 Å². The molecule has 0 radical (unpaired) electrons. The largest absolute Gasteiger partial charge is 0.393 e. The van der Waals surface area contributed by atoms with Crippen LogP contribution in [0.2, 0.25) is 0 Å². The average Bonchev–Trinajstić information content (AvgIpc) is 3.17.